The van der Waals surface area contributed by atoms with Crippen molar-refractivity contribution in [3.05, 3.63) is 0 Å². The number of hydrazine groups is 1. The van der Waals surface area contributed by atoms with Gasteiger partial charge in [-0.25, -0.2) is 10.2 Å². The minimum Gasteiger partial charge on any atom is -0.449 e. The van der Waals surface area contributed by atoms with Gasteiger partial charge < -0.3 is 4.74 Å². The minimum absolute atomic E-state index is 0.176. The molecule has 5 nitrogen and oxygen atoms in total. The van der Waals surface area contributed by atoms with Crippen molar-refractivity contribution >= 4 is 12.0 Å². The predicted octanol–water partition coefficient (Wildman–Crippen LogP) is 2.12. The molecule has 0 rings (SSSR count). The number of nitrogens with one attached hydrogen (secondary N) is 2. The zero-order valence-corrected chi connectivity index (χ0v) is 10.2. The third-order valence-electron chi connectivity index (χ3n) is 2.09. The fourth-order valence-corrected chi connectivity index (χ4v) is 1.24. The molecule has 0 bridgehead atoms. The summed E-state index contributed by atoms with van der Waals surface area (Å²) in [5, 5.41) is 0. The van der Waals surface area contributed by atoms with E-state index >= 15 is 0 Å². The van der Waals surface area contributed by atoms with Gasteiger partial charge in [0.05, 0.1) is 6.61 Å². The number of amides is 2. The lowest BCUT2D eigenvalue weighted by molar-refractivity contribution is -0.122. The second kappa shape index (κ2) is 10.3. The van der Waals surface area contributed by atoms with E-state index in [0.717, 1.165) is 19.3 Å². The van der Waals surface area contributed by atoms with E-state index in [1.165, 1.54) is 12.8 Å². The molecule has 0 saturated heterocycles. The summed E-state index contributed by atoms with van der Waals surface area (Å²) in [7, 11) is 0. The normalized spacial score (nSPS) is 9.62. The van der Waals surface area contributed by atoms with Crippen LogP contribution in [0.15, 0.2) is 0 Å². The van der Waals surface area contributed by atoms with E-state index in [4.69, 9.17) is 0 Å². The molecule has 0 fully saturated rings. The van der Waals surface area contributed by atoms with Gasteiger partial charge in [0.2, 0.25) is 5.91 Å². The molecule has 0 aliphatic heterocycles. The third kappa shape index (κ3) is 9.30. The van der Waals surface area contributed by atoms with Crippen LogP contribution in [-0.2, 0) is 9.53 Å². The van der Waals surface area contributed by atoms with Gasteiger partial charge in [-0.15, -0.1) is 0 Å². The number of carbonyl (C=O) groups excluding carboxylic acids is 2. The zero-order chi connectivity index (χ0) is 12.2. The monoisotopic (exact) mass is 230 g/mol. The molecule has 0 heterocycles. The Morgan fingerprint density at radius 1 is 1.00 bits per heavy atom. The minimum atomic E-state index is -0.623. The highest BCUT2D eigenvalue weighted by atomic mass is 16.5. The maximum absolute atomic E-state index is 11.2. The van der Waals surface area contributed by atoms with Crippen molar-refractivity contribution < 1.29 is 14.3 Å². The van der Waals surface area contributed by atoms with Crippen molar-refractivity contribution in [1.82, 2.24) is 10.9 Å². The summed E-state index contributed by atoms with van der Waals surface area (Å²) < 4.78 is 4.59. The first-order valence-corrected chi connectivity index (χ1v) is 5.92. The van der Waals surface area contributed by atoms with E-state index in [2.05, 4.69) is 22.5 Å². The Morgan fingerprint density at radius 3 is 2.31 bits per heavy atom. The third-order valence-corrected chi connectivity index (χ3v) is 2.09. The van der Waals surface area contributed by atoms with Crippen molar-refractivity contribution in [3.8, 4) is 0 Å². The van der Waals surface area contributed by atoms with Crippen LogP contribution in [0.5, 0.6) is 0 Å². The van der Waals surface area contributed by atoms with E-state index < -0.39 is 6.09 Å². The number of hydrogen-bond acceptors (Lipinski definition) is 3. The number of rotatable bonds is 7. The summed E-state index contributed by atoms with van der Waals surface area (Å²) >= 11 is 0. The Balaban J connectivity index is 3.34. The first kappa shape index (κ1) is 14.7. The number of unbranched alkanes of at least 4 members (excludes halogenated alkanes) is 4. The van der Waals surface area contributed by atoms with Crippen LogP contribution < -0.4 is 10.9 Å². The second-order valence-electron chi connectivity index (χ2n) is 3.56. The molecule has 0 unspecified atom stereocenters. The smallest absolute Gasteiger partial charge is 0.426 e. The van der Waals surface area contributed by atoms with Crippen LogP contribution in [0, 0.1) is 0 Å². The molecule has 16 heavy (non-hydrogen) atoms. The Morgan fingerprint density at radius 2 is 1.69 bits per heavy atom. The summed E-state index contributed by atoms with van der Waals surface area (Å²) in [6, 6.07) is 0. The summed E-state index contributed by atoms with van der Waals surface area (Å²) in [5.41, 5.74) is 4.47. The van der Waals surface area contributed by atoms with Gasteiger partial charge in [0.1, 0.15) is 0 Å². The Labute approximate surface area is 96.9 Å². The molecule has 0 aromatic rings. The molecule has 0 aliphatic carbocycles. The number of carbonyl (C=O) groups is 2. The molecule has 2 amide bonds. The van der Waals surface area contributed by atoms with Crippen molar-refractivity contribution in [2.24, 2.45) is 0 Å². The van der Waals surface area contributed by atoms with E-state index in [1.54, 1.807) is 6.92 Å². The maximum atomic E-state index is 11.2. The van der Waals surface area contributed by atoms with Gasteiger partial charge in [-0.05, 0) is 13.3 Å². The molecule has 0 atom stereocenters. The van der Waals surface area contributed by atoms with Crippen LogP contribution in [0.2, 0.25) is 0 Å². The summed E-state index contributed by atoms with van der Waals surface area (Å²) in [5.74, 6) is -0.176. The van der Waals surface area contributed by atoms with Gasteiger partial charge in [-0.1, -0.05) is 32.6 Å². The largest absolute Gasteiger partial charge is 0.449 e. The highest BCUT2D eigenvalue weighted by Gasteiger charge is 2.03. The summed E-state index contributed by atoms with van der Waals surface area (Å²) in [6.45, 7) is 4.14. The molecule has 94 valence electrons. The van der Waals surface area contributed by atoms with Crippen LogP contribution in [0.1, 0.15) is 52.4 Å². The lowest BCUT2D eigenvalue weighted by Gasteiger charge is -2.06. The van der Waals surface area contributed by atoms with Gasteiger partial charge in [-0.2, -0.15) is 0 Å². The van der Waals surface area contributed by atoms with Crippen molar-refractivity contribution in [3.63, 3.8) is 0 Å². The highest BCUT2D eigenvalue weighted by molar-refractivity contribution is 5.78. The van der Waals surface area contributed by atoms with Crippen LogP contribution in [-0.4, -0.2) is 18.6 Å². The van der Waals surface area contributed by atoms with E-state index in [0.29, 0.717) is 13.0 Å². The van der Waals surface area contributed by atoms with Gasteiger partial charge in [-0.3, -0.25) is 10.2 Å². The van der Waals surface area contributed by atoms with Crippen LogP contribution in [0.25, 0.3) is 0 Å². The first-order chi connectivity index (χ1) is 7.70. The van der Waals surface area contributed by atoms with E-state index in [-0.39, 0.29) is 5.91 Å². The highest BCUT2D eigenvalue weighted by Crippen LogP contribution is 2.04. The number of hydrogen-bond donors (Lipinski definition) is 2. The zero-order valence-electron chi connectivity index (χ0n) is 10.2. The molecule has 0 saturated carbocycles. The molecule has 0 aliphatic rings. The van der Waals surface area contributed by atoms with Crippen molar-refractivity contribution in [2.45, 2.75) is 52.4 Å². The fraction of sp³-hybridized carbons (Fsp3) is 0.818. The average Bonchev–Trinajstić information content (AvgIpc) is 2.26. The lowest BCUT2D eigenvalue weighted by atomic mass is 10.1. The topological polar surface area (TPSA) is 67.4 Å². The quantitative estimate of drug-likeness (QED) is 0.520. The Bertz CT molecular complexity index is 207. The average molecular weight is 230 g/mol. The fourth-order valence-electron chi connectivity index (χ4n) is 1.24. The van der Waals surface area contributed by atoms with Gasteiger partial charge in [0, 0.05) is 6.42 Å². The molecule has 0 aromatic carbocycles. The SMILES string of the molecule is CCCCCCCC(=O)NNC(=O)OCC. The summed E-state index contributed by atoms with van der Waals surface area (Å²) in [6.07, 6.45) is 5.29. The summed E-state index contributed by atoms with van der Waals surface area (Å²) in [4.78, 5) is 22.0. The van der Waals surface area contributed by atoms with Crippen LogP contribution >= 0.6 is 0 Å². The Hall–Kier alpha value is -1.26. The molecular formula is C11H22N2O3. The van der Waals surface area contributed by atoms with Gasteiger partial charge in [0.25, 0.3) is 0 Å². The Kier molecular flexibility index (Phi) is 9.46. The molecule has 0 aromatic heterocycles. The van der Waals surface area contributed by atoms with Gasteiger partial charge in [0.15, 0.2) is 0 Å². The van der Waals surface area contributed by atoms with E-state index in [1.807, 2.05) is 0 Å². The second-order valence-corrected chi connectivity index (χ2v) is 3.56. The van der Waals surface area contributed by atoms with Crippen molar-refractivity contribution in [1.29, 1.82) is 0 Å². The first-order valence-electron chi connectivity index (χ1n) is 5.92. The van der Waals surface area contributed by atoms with E-state index in [9.17, 15) is 9.59 Å². The molecule has 2 N–H and O–H groups in total. The van der Waals surface area contributed by atoms with Crippen molar-refractivity contribution in [2.75, 3.05) is 6.61 Å². The maximum Gasteiger partial charge on any atom is 0.426 e. The molecular weight excluding hydrogens is 208 g/mol. The lowest BCUT2D eigenvalue weighted by Crippen LogP contribution is -2.41. The molecule has 0 radical (unpaired) electrons. The predicted molar refractivity (Wildman–Crippen MR) is 61.7 cm³/mol. The van der Waals surface area contributed by atoms with Crippen LogP contribution in [0.3, 0.4) is 0 Å². The van der Waals surface area contributed by atoms with Crippen LogP contribution in [0.4, 0.5) is 4.79 Å². The molecule has 5 heteroatoms. The number of ether oxygens (including phenoxy) is 1. The van der Waals surface area contributed by atoms with Gasteiger partial charge >= 0.3 is 6.09 Å². The molecule has 0 spiro atoms. The standard InChI is InChI=1S/C11H22N2O3/c1-3-5-6-7-8-9-10(14)12-13-11(15)16-4-2/h3-9H2,1-2H3,(H,12,14)(H,13,15).